The third kappa shape index (κ3) is 3.26. The molecule has 0 fully saturated rings. The molecule has 0 unspecified atom stereocenters. The number of aryl methyl sites for hydroxylation is 1. The van der Waals surface area contributed by atoms with Crippen molar-refractivity contribution < 1.29 is 9.53 Å². The topological polar surface area (TPSA) is 77.2 Å². The van der Waals surface area contributed by atoms with Crippen molar-refractivity contribution in [2.45, 2.75) is 13.8 Å². The fourth-order valence-corrected chi connectivity index (χ4v) is 1.70. The number of ether oxygens (including phenoxy) is 1. The van der Waals surface area contributed by atoms with Gasteiger partial charge in [-0.1, -0.05) is 17.7 Å². The van der Waals surface area contributed by atoms with E-state index >= 15 is 0 Å². The van der Waals surface area contributed by atoms with Gasteiger partial charge in [0, 0.05) is 5.69 Å². The monoisotopic (exact) mass is 271 g/mol. The molecule has 0 saturated carbocycles. The average molecular weight is 271 g/mol. The summed E-state index contributed by atoms with van der Waals surface area (Å²) in [5.74, 6) is 0.102. The highest BCUT2D eigenvalue weighted by molar-refractivity contribution is 5.95. The molecule has 0 aliphatic carbocycles. The van der Waals surface area contributed by atoms with Crippen LogP contribution in [0.3, 0.4) is 0 Å². The summed E-state index contributed by atoms with van der Waals surface area (Å²) in [6.45, 7) is 4.08. The Morgan fingerprint density at radius 1 is 1.35 bits per heavy atom. The van der Waals surface area contributed by atoms with E-state index in [9.17, 15) is 4.79 Å². The minimum Gasteiger partial charge on any atom is -0.462 e. The summed E-state index contributed by atoms with van der Waals surface area (Å²) in [4.78, 5) is 15.9. The lowest BCUT2D eigenvalue weighted by molar-refractivity contribution is 0.0527. The Morgan fingerprint density at radius 2 is 2.05 bits per heavy atom. The van der Waals surface area contributed by atoms with Crippen LogP contribution in [-0.4, -0.2) is 17.6 Å². The number of esters is 1. The van der Waals surface area contributed by atoms with Gasteiger partial charge < -0.3 is 15.8 Å². The predicted octanol–water partition coefficient (Wildman–Crippen LogP) is 2.89. The fourth-order valence-electron chi connectivity index (χ4n) is 1.70. The molecule has 2 rings (SSSR count). The number of anilines is 3. The number of hydrogen-bond donors (Lipinski definition) is 2. The molecule has 2 aromatic rings. The van der Waals surface area contributed by atoms with E-state index < -0.39 is 5.97 Å². The van der Waals surface area contributed by atoms with Gasteiger partial charge in [0.15, 0.2) is 0 Å². The van der Waals surface area contributed by atoms with E-state index in [0.29, 0.717) is 23.7 Å². The summed E-state index contributed by atoms with van der Waals surface area (Å²) in [5, 5.41) is 3.12. The Bertz CT molecular complexity index is 609. The van der Waals surface area contributed by atoms with Gasteiger partial charge in [-0.3, -0.25) is 0 Å². The number of nitrogen functional groups attached to an aromatic ring is 1. The molecule has 0 aliphatic heterocycles. The summed E-state index contributed by atoms with van der Waals surface area (Å²) in [6, 6.07) is 9.46. The lowest BCUT2D eigenvalue weighted by atomic mass is 10.2. The molecular weight excluding hydrogens is 254 g/mol. The zero-order valence-electron chi connectivity index (χ0n) is 11.5. The Balaban J connectivity index is 2.22. The maximum atomic E-state index is 11.8. The second-order valence-electron chi connectivity index (χ2n) is 4.37. The number of pyridine rings is 1. The first-order valence-electron chi connectivity index (χ1n) is 6.36. The number of nitrogens with zero attached hydrogens (tertiary/aromatic N) is 1. The third-order valence-electron chi connectivity index (χ3n) is 2.75. The Kier molecular flexibility index (Phi) is 4.20. The summed E-state index contributed by atoms with van der Waals surface area (Å²) in [5.41, 5.74) is 8.43. The molecule has 0 spiro atoms. The van der Waals surface area contributed by atoms with Crippen LogP contribution < -0.4 is 11.1 Å². The summed E-state index contributed by atoms with van der Waals surface area (Å²) in [7, 11) is 0. The molecule has 0 amide bonds. The van der Waals surface area contributed by atoms with Crippen LogP contribution in [0.2, 0.25) is 0 Å². The van der Waals surface area contributed by atoms with Crippen LogP contribution in [-0.2, 0) is 4.74 Å². The van der Waals surface area contributed by atoms with Crippen molar-refractivity contribution in [1.82, 2.24) is 4.98 Å². The van der Waals surface area contributed by atoms with Gasteiger partial charge in [0.2, 0.25) is 0 Å². The highest BCUT2D eigenvalue weighted by Crippen LogP contribution is 2.20. The van der Waals surface area contributed by atoms with Crippen LogP contribution in [0, 0.1) is 6.92 Å². The number of carbonyl (C=O) groups excluding carboxylic acids is 1. The minimum atomic E-state index is -0.445. The lowest BCUT2D eigenvalue weighted by Gasteiger charge is -2.09. The van der Waals surface area contributed by atoms with E-state index in [0.717, 1.165) is 5.69 Å². The van der Waals surface area contributed by atoms with Crippen LogP contribution in [0.25, 0.3) is 0 Å². The molecule has 0 bridgehead atoms. The first-order chi connectivity index (χ1) is 9.60. The van der Waals surface area contributed by atoms with Crippen molar-refractivity contribution in [3.05, 3.63) is 47.7 Å². The number of rotatable bonds is 4. The summed E-state index contributed by atoms with van der Waals surface area (Å²) in [6.07, 6.45) is 1.45. The second-order valence-corrected chi connectivity index (χ2v) is 4.37. The molecule has 104 valence electrons. The average Bonchev–Trinajstić information content (AvgIpc) is 2.43. The number of benzene rings is 1. The van der Waals surface area contributed by atoms with E-state index in [-0.39, 0.29) is 0 Å². The van der Waals surface area contributed by atoms with Gasteiger partial charge in [0.25, 0.3) is 0 Å². The maximum Gasteiger partial charge on any atom is 0.340 e. The molecule has 1 aromatic carbocycles. The number of nitrogens with one attached hydrogen (secondary N) is 1. The van der Waals surface area contributed by atoms with Gasteiger partial charge in [0.05, 0.1) is 24.1 Å². The number of hydrogen-bond acceptors (Lipinski definition) is 5. The van der Waals surface area contributed by atoms with Gasteiger partial charge in [0.1, 0.15) is 5.82 Å². The van der Waals surface area contributed by atoms with Gasteiger partial charge in [-0.15, -0.1) is 0 Å². The first kappa shape index (κ1) is 13.9. The van der Waals surface area contributed by atoms with Crippen LogP contribution in [0.1, 0.15) is 22.8 Å². The van der Waals surface area contributed by atoms with Gasteiger partial charge in [-0.2, -0.15) is 0 Å². The third-order valence-corrected chi connectivity index (χ3v) is 2.75. The summed E-state index contributed by atoms with van der Waals surface area (Å²) < 4.78 is 4.96. The molecule has 0 saturated heterocycles. The Morgan fingerprint density at radius 3 is 2.70 bits per heavy atom. The van der Waals surface area contributed by atoms with E-state index in [4.69, 9.17) is 10.5 Å². The van der Waals surface area contributed by atoms with Gasteiger partial charge >= 0.3 is 5.97 Å². The maximum absolute atomic E-state index is 11.8. The van der Waals surface area contributed by atoms with Crippen molar-refractivity contribution in [1.29, 1.82) is 0 Å². The fraction of sp³-hybridized carbons (Fsp3) is 0.200. The molecule has 3 N–H and O–H groups in total. The lowest BCUT2D eigenvalue weighted by Crippen LogP contribution is -2.09. The zero-order valence-corrected chi connectivity index (χ0v) is 11.5. The zero-order chi connectivity index (χ0) is 14.5. The first-order valence-corrected chi connectivity index (χ1v) is 6.36. The SMILES string of the molecule is CCOC(=O)c1cc(Nc2ccc(C)cc2)ncc1N. The molecule has 5 heteroatoms. The smallest absolute Gasteiger partial charge is 0.340 e. The largest absolute Gasteiger partial charge is 0.462 e. The van der Waals surface area contributed by atoms with Crippen molar-refractivity contribution >= 4 is 23.2 Å². The molecule has 0 radical (unpaired) electrons. The minimum absolute atomic E-state index is 0.304. The molecule has 1 aromatic heterocycles. The number of aromatic nitrogens is 1. The van der Waals surface area contributed by atoms with Crippen LogP contribution in [0.15, 0.2) is 36.5 Å². The molecule has 20 heavy (non-hydrogen) atoms. The van der Waals surface area contributed by atoms with E-state index in [1.54, 1.807) is 13.0 Å². The van der Waals surface area contributed by atoms with Crippen LogP contribution in [0.5, 0.6) is 0 Å². The van der Waals surface area contributed by atoms with E-state index in [1.165, 1.54) is 11.8 Å². The van der Waals surface area contributed by atoms with Crippen molar-refractivity contribution in [3.8, 4) is 0 Å². The van der Waals surface area contributed by atoms with E-state index in [2.05, 4.69) is 10.3 Å². The molecule has 1 heterocycles. The molecule has 5 nitrogen and oxygen atoms in total. The number of carbonyl (C=O) groups is 1. The van der Waals surface area contributed by atoms with Crippen molar-refractivity contribution in [2.24, 2.45) is 0 Å². The summed E-state index contributed by atoms with van der Waals surface area (Å²) >= 11 is 0. The second kappa shape index (κ2) is 6.06. The highest BCUT2D eigenvalue weighted by Gasteiger charge is 2.12. The molecule has 0 aliphatic rings. The highest BCUT2D eigenvalue weighted by atomic mass is 16.5. The Hall–Kier alpha value is -2.56. The Labute approximate surface area is 117 Å². The predicted molar refractivity (Wildman–Crippen MR) is 79.1 cm³/mol. The molecule has 0 atom stereocenters. The van der Waals surface area contributed by atoms with E-state index in [1.807, 2.05) is 31.2 Å². The number of nitrogens with two attached hydrogens (primary N) is 1. The molecular formula is C15H17N3O2. The normalized spacial score (nSPS) is 10.1. The quantitative estimate of drug-likeness (QED) is 0.836. The van der Waals surface area contributed by atoms with Gasteiger partial charge in [-0.25, -0.2) is 9.78 Å². The van der Waals surface area contributed by atoms with Crippen molar-refractivity contribution in [2.75, 3.05) is 17.7 Å². The standard InChI is InChI=1S/C15H17N3O2/c1-3-20-15(19)12-8-14(17-9-13(12)16)18-11-6-4-10(2)5-7-11/h4-9H,3,16H2,1-2H3,(H,17,18). The van der Waals surface area contributed by atoms with Crippen LogP contribution in [0.4, 0.5) is 17.2 Å². The van der Waals surface area contributed by atoms with Gasteiger partial charge in [-0.05, 0) is 32.0 Å². The van der Waals surface area contributed by atoms with Crippen molar-refractivity contribution in [3.63, 3.8) is 0 Å². The van der Waals surface area contributed by atoms with Crippen LogP contribution >= 0.6 is 0 Å².